The number of hydrogen-bond acceptors (Lipinski definition) is 4. The van der Waals surface area contributed by atoms with E-state index < -0.39 is 0 Å². The number of carbonyl (C=O) groups excluding carboxylic acids is 2. The Bertz CT molecular complexity index is 533. The molecule has 0 fully saturated rings. The van der Waals surface area contributed by atoms with E-state index >= 15 is 0 Å². The zero-order valence-corrected chi connectivity index (χ0v) is 10.2. The van der Waals surface area contributed by atoms with Gasteiger partial charge < -0.3 is 9.47 Å². The molecule has 0 aromatic heterocycles. The zero-order valence-electron chi connectivity index (χ0n) is 10.2. The number of rotatable bonds is 0. The van der Waals surface area contributed by atoms with Crippen molar-refractivity contribution in [2.75, 3.05) is 0 Å². The van der Waals surface area contributed by atoms with Gasteiger partial charge in [-0.15, -0.1) is 0 Å². The first-order chi connectivity index (χ1) is 8.63. The van der Waals surface area contributed by atoms with Crippen LogP contribution >= 0.6 is 0 Å². The summed E-state index contributed by atoms with van der Waals surface area (Å²) in [5, 5.41) is 0. The summed E-state index contributed by atoms with van der Waals surface area (Å²) in [5.74, 6) is 0.732. The molecule has 0 aliphatic carbocycles. The van der Waals surface area contributed by atoms with Crippen LogP contribution in [0, 0.1) is 5.92 Å². The van der Waals surface area contributed by atoms with E-state index in [0.717, 1.165) is 24.0 Å². The number of esters is 2. The summed E-state index contributed by atoms with van der Waals surface area (Å²) in [6.45, 7) is 1.84. The van der Waals surface area contributed by atoms with Crippen LogP contribution in [0.3, 0.4) is 0 Å². The third-order valence-corrected chi connectivity index (χ3v) is 3.43. The van der Waals surface area contributed by atoms with Crippen LogP contribution in [-0.4, -0.2) is 11.9 Å². The van der Waals surface area contributed by atoms with Crippen molar-refractivity contribution in [3.8, 4) is 11.5 Å². The molecule has 1 atom stereocenters. The van der Waals surface area contributed by atoms with Crippen LogP contribution in [0.2, 0.25) is 0 Å². The maximum atomic E-state index is 11.5. The van der Waals surface area contributed by atoms with Crippen LogP contribution in [0.15, 0.2) is 12.1 Å². The average molecular weight is 246 g/mol. The Labute approximate surface area is 105 Å². The van der Waals surface area contributed by atoms with Gasteiger partial charge in [-0.3, -0.25) is 9.59 Å². The Kier molecular flexibility index (Phi) is 2.58. The van der Waals surface area contributed by atoms with Crippen LogP contribution in [0.25, 0.3) is 0 Å². The third kappa shape index (κ3) is 1.88. The van der Waals surface area contributed by atoms with E-state index in [1.54, 1.807) is 0 Å². The topological polar surface area (TPSA) is 52.6 Å². The quantitative estimate of drug-likeness (QED) is 0.519. The number of ether oxygens (including phenoxy) is 2. The molecule has 0 spiro atoms. The molecular formula is C14H14O4. The highest BCUT2D eigenvalue weighted by molar-refractivity contribution is 5.79. The molecular weight excluding hydrogens is 232 g/mol. The van der Waals surface area contributed by atoms with Crippen molar-refractivity contribution in [3.05, 3.63) is 23.3 Å². The van der Waals surface area contributed by atoms with E-state index in [2.05, 4.69) is 0 Å². The molecule has 0 amide bonds. The molecule has 0 N–H and O–H groups in total. The SMILES string of the molecule is CC1Cc2cc3c(cc2OC1=O)CCCC(=O)O3. The van der Waals surface area contributed by atoms with Crippen LogP contribution < -0.4 is 9.47 Å². The van der Waals surface area contributed by atoms with Gasteiger partial charge in [0.05, 0.1) is 5.92 Å². The van der Waals surface area contributed by atoms with Gasteiger partial charge in [-0.05, 0) is 42.5 Å². The third-order valence-electron chi connectivity index (χ3n) is 3.43. The van der Waals surface area contributed by atoms with Crippen molar-refractivity contribution in [1.29, 1.82) is 0 Å². The summed E-state index contributed by atoms with van der Waals surface area (Å²) in [6.07, 6.45) is 2.63. The van der Waals surface area contributed by atoms with Crippen LogP contribution in [0.5, 0.6) is 11.5 Å². The van der Waals surface area contributed by atoms with E-state index in [1.807, 2.05) is 19.1 Å². The summed E-state index contributed by atoms with van der Waals surface area (Å²) in [7, 11) is 0. The van der Waals surface area contributed by atoms with Crippen molar-refractivity contribution in [2.24, 2.45) is 5.92 Å². The second-order valence-electron chi connectivity index (χ2n) is 4.92. The molecule has 0 bridgehead atoms. The van der Waals surface area contributed by atoms with Gasteiger partial charge >= 0.3 is 11.9 Å². The number of hydrogen-bond donors (Lipinski definition) is 0. The molecule has 0 saturated carbocycles. The van der Waals surface area contributed by atoms with Gasteiger partial charge in [0.25, 0.3) is 0 Å². The Morgan fingerprint density at radius 3 is 2.61 bits per heavy atom. The second kappa shape index (κ2) is 4.12. The van der Waals surface area contributed by atoms with Crippen LogP contribution in [0.4, 0.5) is 0 Å². The normalized spacial score (nSPS) is 22.4. The summed E-state index contributed by atoms with van der Waals surface area (Å²) in [4.78, 5) is 23.0. The molecule has 94 valence electrons. The van der Waals surface area contributed by atoms with Crippen molar-refractivity contribution >= 4 is 11.9 Å². The monoisotopic (exact) mass is 246 g/mol. The Balaban J connectivity index is 2.03. The number of aryl methyl sites for hydroxylation is 1. The molecule has 2 heterocycles. The molecule has 4 heteroatoms. The van der Waals surface area contributed by atoms with Gasteiger partial charge in [-0.1, -0.05) is 6.92 Å². The summed E-state index contributed by atoms with van der Waals surface area (Å²) in [5.41, 5.74) is 1.89. The molecule has 4 nitrogen and oxygen atoms in total. The Morgan fingerprint density at radius 2 is 1.78 bits per heavy atom. The van der Waals surface area contributed by atoms with E-state index in [9.17, 15) is 9.59 Å². The molecule has 2 aliphatic rings. The van der Waals surface area contributed by atoms with Gasteiger partial charge in [0.2, 0.25) is 0 Å². The number of carbonyl (C=O) groups is 2. The van der Waals surface area contributed by atoms with Crippen LogP contribution in [0.1, 0.15) is 30.9 Å². The van der Waals surface area contributed by atoms with E-state index in [4.69, 9.17) is 9.47 Å². The Morgan fingerprint density at radius 1 is 1.06 bits per heavy atom. The van der Waals surface area contributed by atoms with Gasteiger partial charge in [-0.25, -0.2) is 0 Å². The van der Waals surface area contributed by atoms with Crippen molar-refractivity contribution in [1.82, 2.24) is 0 Å². The minimum absolute atomic E-state index is 0.142. The maximum Gasteiger partial charge on any atom is 0.314 e. The molecule has 2 aliphatic heterocycles. The first kappa shape index (κ1) is 11.3. The fraction of sp³-hybridized carbons (Fsp3) is 0.429. The smallest absolute Gasteiger partial charge is 0.314 e. The minimum Gasteiger partial charge on any atom is -0.426 e. The van der Waals surface area contributed by atoms with Crippen molar-refractivity contribution in [3.63, 3.8) is 0 Å². The molecule has 1 aromatic carbocycles. The summed E-state index contributed by atoms with van der Waals surface area (Å²) < 4.78 is 10.6. The molecule has 0 radical (unpaired) electrons. The first-order valence-corrected chi connectivity index (χ1v) is 6.21. The highest BCUT2D eigenvalue weighted by Crippen LogP contribution is 2.36. The maximum absolute atomic E-state index is 11.5. The predicted molar refractivity (Wildman–Crippen MR) is 63.5 cm³/mol. The van der Waals surface area contributed by atoms with Crippen molar-refractivity contribution < 1.29 is 19.1 Å². The van der Waals surface area contributed by atoms with Gasteiger partial charge in [0, 0.05) is 6.42 Å². The average Bonchev–Trinajstić information content (AvgIpc) is 2.49. The van der Waals surface area contributed by atoms with Gasteiger partial charge in [0.15, 0.2) is 0 Å². The van der Waals surface area contributed by atoms with E-state index in [1.165, 1.54) is 0 Å². The standard InChI is InChI=1S/C14H14O4/c1-8-5-10-7-11-9(3-2-4-13(15)17-11)6-12(10)18-14(8)16/h6-8H,2-5H2,1H3. The fourth-order valence-corrected chi connectivity index (χ4v) is 2.41. The largest absolute Gasteiger partial charge is 0.426 e. The lowest BCUT2D eigenvalue weighted by Crippen LogP contribution is -2.25. The zero-order chi connectivity index (χ0) is 12.7. The van der Waals surface area contributed by atoms with Crippen LogP contribution in [-0.2, 0) is 22.4 Å². The van der Waals surface area contributed by atoms with Gasteiger partial charge in [0.1, 0.15) is 11.5 Å². The minimum atomic E-state index is -0.187. The molecule has 1 unspecified atom stereocenters. The molecule has 0 saturated heterocycles. The lowest BCUT2D eigenvalue weighted by molar-refractivity contribution is -0.139. The molecule has 3 rings (SSSR count). The molecule has 18 heavy (non-hydrogen) atoms. The lowest BCUT2D eigenvalue weighted by atomic mass is 9.95. The lowest BCUT2D eigenvalue weighted by Gasteiger charge is -2.22. The second-order valence-corrected chi connectivity index (χ2v) is 4.92. The van der Waals surface area contributed by atoms with Crippen molar-refractivity contribution in [2.45, 2.75) is 32.6 Å². The first-order valence-electron chi connectivity index (χ1n) is 6.21. The molecule has 1 aromatic rings. The van der Waals surface area contributed by atoms with E-state index in [0.29, 0.717) is 24.3 Å². The highest BCUT2D eigenvalue weighted by Gasteiger charge is 2.27. The number of fused-ring (bicyclic) bond motifs is 2. The van der Waals surface area contributed by atoms with E-state index in [-0.39, 0.29) is 17.9 Å². The Hall–Kier alpha value is -1.84. The van der Waals surface area contributed by atoms with Gasteiger partial charge in [-0.2, -0.15) is 0 Å². The summed E-state index contributed by atoms with van der Waals surface area (Å²) >= 11 is 0. The summed E-state index contributed by atoms with van der Waals surface area (Å²) in [6, 6.07) is 3.68. The number of benzene rings is 1. The fourth-order valence-electron chi connectivity index (χ4n) is 2.41. The predicted octanol–water partition coefficient (Wildman–Crippen LogP) is 2.03. The highest BCUT2D eigenvalue weighted by atomic mass is 16.5.